The smallest absolute Gasteiger partial charge is 0.353 e. The van der Waals surface area contributed by atoms with Crippen molar-refractivity contribution in [1.82, 2.24) is 4.98 Å². The highest BCUT2D eigenvalue weighted by atomic mass is 35.5. The molecule has 7 heteroatoms. The molecular formula is C9H6ClNO4S. The number of nitrogens with zero attached hydrogens (tertiary/aromatic N) is 1. The van der Waals surface area contributed by atoms with E-state index in [1.807, 2.05) is 6.92 Å². The van der Waals surface area contributed by atoms with Gasteiger partial charge in [-0.3, -0.25) is 4.79 Å². The molecule has 0 aromatic carbocycles. The van der Waals surface area contributed by atoms with E-state index in [9.17, 15) is 9.59 Å². The zero-order valence-corrected chi connectivity index (χ0v) is 9.72. The Morgan fingerprint density at radius 3 is 2.88 bits per heavy atom. The second-order valence-electron chi connectivity index (χ2n) is 2.80. The van der Waals surface area contributed by atoms with Crippen LogP contribution in [0.3, 0.4) is 0 Å². The molecule has 2 aromatic heterocycles. The molecule has 0 spiro atoms. The Morgan fingerprint density at radius 1 is 1.44 bits per heavy atom. The number of hydrogen-bond donors (Lipinski definition) is 0. The van der Waals surface area contributed by atoms with Gasteiger partial charge in [-0.25, -0.2) is 4.79 Å². The third kappa shape index (κ3) is 1.98. The van der Waals surface area contributed by atoms with Gasteiger partial charge >= 0.3 is 5.63 Å². The Bertz CT molecular complexity index is 648. The first-order valence-electron chi connectivity index (χ1n) is 4.39. The Balaban J connectivity index is 2.82. The van der Waals surface area contributed by atoms with Gasteiger partial charge in [-0.2, -0.15) is 4.98 Å². The topological polar surface area (TPSA) is 73.3 Å². The number of aromatic nitrogens is 1. The van der Waals surface area contributed by atoms with E-state index in [4.69, 9.17) is 16.0 Å². The second-order valence-corrected chi connectivity index (χ2v) is 4.38. The molecule has 16 heavy (non-hydrogen) atoms. The fourth-order valence-corrected chi connectivity index (χ4v) is 1.87. The Labute approximate surface area is 98.4 Å². The van der Waals surface area contributed by atoms with Crippen LogP contribution in [0.2, 0.25) is 5.22 Å². The summed E-state index contributed by atoms with van der Waals surface area (Å²) in [4.78, 5) is 26.5. The first-order valence-corrected chi connectivity index (χ1v) is 5.75. The minimum Gasteiger partial charge on any atom is -0.432 e. The fraction of sp³-hybridized carbons (Fsp3) is 0.222. The third-order valence-electron chi connectivity index (χ3n) is 1.76. The van der Waals surface area contributed by atoms with Crippen molar-refractivity contribution in [1.29, 1.82) is 0 Å². The summed E-state index contributed by atoms with van der Waals surface area (Å²) in [5.41, 5.74) is -1.41. The van der Waals surface area contributed by atoms with Crippen LogP contribution in [0, 0.1) is 0 Å². The van der Waals surface area contributed by atoms with Crippen LogP contribution in [0.1, 0.15) is 6.92 Å². The predicted octanol–water partition coefficient (Wildman–Crippen LogP) is 1.91. The van der Waals surface area contributed by atoms with E-state index in [0.29, 0.717) is 5.75 Å². The average Bonchev–Trinajstić information content (AvgIpc) is 2.15. The Kier molecular flexibility index (Phi) is 3.02. The molecule has 0 radical (unpaired) electrons. The molecule has 2 rings (SSSR count). The first-order chi connectivity index (χ1) is 7.61. The zero-order valence-electron chi connectivity index (χ0n) is 8.15. The van der Waals surface area contributed by atoms with Crippen molar-refractivity contribution >= 4 is 34.3 Å². The maximum absolute atomic E-state index is 11.5. The van der Waals surface area contributed by atoms with Crippen molar-refractivity contribution < 1.29 is 8.83 Å². The summed E-state index contributed by atoms with van der Waals surface area (Å²) in [6.07, 6.45) is 0. The lowest BCUT2D eigenvalue weighted by molar-refractivity contribution is 0.450. The summed E-state index contributed by atoms with van der Waals surface area (Å²) in [5, 5.41) is -0.134. The van der Waals surface area contributed by atoms with Crippen molar-refractivity contribution in [2.75, 3.05) is 5.75 Å². The Morgan fingerprint density at radius 2 is 2.19 bits per heavy atom. The summed E-state index contributed by atoms with van der Waals surface area (Å²) in [7, 11) is 0. The number of rotatable bonds is 2. The highest BCUT2D eigenvalue weighted by molar-refractivity contribution is 7.99. The second kappa shape index (κ2) is 4.31. The summed E-state index contributed by atoms with van der Waals surface area (Å²) in [6, 6.07) is 1.28. The molecule has 0 saturated carbocycles. The van der Waals surface area contributed by atoms with E-state index < -0.39 is 11.2 Å². The van der Waals surface area contributed by atoms with Crippen LogP contribution in [0.4, 0.5) is 0 Å². The molecule has 0 unspecified atom stereocenters. The van der Waals surface area contributed by atoms with E-state index in [1.165, 1.54) is 17.8 Å². The van der Waals surface area contributed by atoms with Gasteiger partial charge in [0.1, 0.15) is 0 Å². The maximum Gasteiger partial charge on any atom is 0.353 e. The van der Waals surface area contributed by atoms with Crippen molar-refractivity contribution in [3.05, 3.63) is 32.1 Å². The van der Waals surface area contributed by atoms with Gasteiger partial charge in [0.05, 0.1) is 0 Å². The molecule has 0 aliphatic carbocycles. The van der Waals surface area contributed by atoms with Crippen molar-refractivity contribution in [2.24, 2.45) is 0 Å². The molecule has 2 heterocycles. The minimum absolute atomic E-state index is 0.0946. The fourth-order valence-electron chi connectivity index (χ4n) is 1.16. The van der Waals surface area contributed by atoms with E-state index in [-0.39, 0.29) is 21.4 Å². The lowest BCUT2D eigenvalue weighted by atomic mass is 10.3. The molecule has 0 atom stereocenters. The van der Waals surface area contributed by atoms with Gasteiger partial charge in [0.2, 0.25) is 5.22 Å². The molecule has 0 N–H and O–H groups in total. The third-order valence-corrected chi connectivity index (χ3v) is 2.65. The summed E-state index contributed by atoms with van der Waals surface area (Å²) in [5.74, 6) is 0.705. The van der Waals surface area contributed by atoms with E-state index in [1.54, 1.807) is 0 Å². The van der Waals surface area contributed by atoms with Crippen LogP contribution in [0.5, 0.6) is 0 Å². The van der Waals surface area contributed by atoms with Crippen molar-refractivity contribution in [3.8, 4) is 0 Å². The molecular weight excluding hydrogens is 254 g/mol. The van der Waals surface area contributed by atoms with Gasteiger partial charge in [-0.1, -0.05) is 18.7 Å². The molecule has 0 saturated heterocycles. The lowest BCUT2D eigenvalue weighted by Gasteiger charge is -1.98. The highest BCUT2D eigenvalue weighted by Gasteiger charge is 2.12. The Hall–Kier alpha value is -1.27. The van der Waals surface area contributed by atoms with Crippen LogP contribution in [-0.2, 0) is 0 Å². The van der Waals surface area contributed by atoms with Gasteiger partial charge in [-0.15, -0.1) is 0 Å². The molecule has 0 aliphatic rings. The minimum atomic E-state index is -0.836. The molecule has 0 amide bonds. The van der Waals surface area contributed by atoms with Gasteiger partial charge in [0.15, 0.2) is 11.0 Å². The normalized spacial score (nSPS) is 10.9. The van der Waals surface area contributed by atoms with Crippen LogP contribution >= 0.6 is 23.4 Å². The number of fused-ring (bicyclic) bond motifs is 1. The SMILES string of the molecule is CCSc1nc(=O)c2c(=O)oc(Cl)cc2o1. The standard InChI is InChI=1S/C9H6ClNO4S/c1-2-16-9-11-7(12)6-4(14-9)3-5(10)15-8(6)13/h3H,2H2,1H3. The van der Waals surface area contributed by atoms with Crippen LogP contribution in [0.15, 0.2) is 29.7 Å². The number of halogens is 1. The van der Waals surface area contributed by atoms with E-state index in [0.717, 1.165) is 0 Å². The number of thioether (sulfide) groups is 1. The lowest BCUT2D eigenvalue weighted by Crippen LogP contribution is -2.15. The number of hydrogen-bond acceptors (Lipinski definition) is 6. The van der Waals surface area contributed by atoms with Crippen molar-refractivity contribution in [2.45, 2.75) is 12.1 Å². The molecule has 0 fully saturated rings. The summed E-state index contributed by atoms with van der Waals surface area (Å²) in [6.45, 7) is 1.89. The van der Waals surface area contributed by atoms with Crippen LogP contribution in [-0.4, -0.2) is 10.7 Å². The highest BCUT2D eigenvalue weighted by Crippen LogP contribution is 2.19. The van der Waals surface area contributed by atoms with Crippen molar-refractivity contribution in [3.63, 3.8) is 0 Å². The summed E-state index contributed by atoms with van der Waals surface area (Å²) < 4.78 is 9.83. The molecule has 0 aliphatic heterocycles. The van der Waals surface area contributed by atoms with Gasteiger partial charge in [0.25, 0.3) is 10.8 Å². The zero-order chi connectivity index (χ0) is 11.7. The van der Waals surface area contributed by atoms with E-state index >= 15 is 0 Å². The molecule has 2 aromatic rings. The molecule has 84 valence electrons. The maximum atomic E-state index is 11.5. The molecule has 5 nitrogen and oxygen atoms in total. The van der Waals surface area contributed by atoms with Gasteiger partial charge in [0, 0.05) is 6.07 Å². The average molecular weight is 260 g/mol. The predicted molar refractivity (Wildman–Crippen MR) is 60.2 cm³/mol. The van der Waals surface area contributed by atoms with E-state index in [2.05, 4.69) is 9.40 Å². The summed E-state index contributed by atoms with van der Waals surface area (Å²) >= 11 is 6.81. The largest absolute Gasteiger partial charge is 0.432 e. The van der Waals surface area contributed by atoms with Crippen LogP contribution in [0.25, 0.3) is 11.0 Å². The van der Waals surface area contributed by atoms with Crippen LogP contribution < -0.4 is 11.2 Å². The van der Waals surface area contributed by atoms with Gasteiger partial charge in [-0.05, 0) is 17.4 Å². The monoisotopic (exact) mass is 259 g/mol. The molecule has 0 bridgehead atoms. The quantitative estimate of drug-likeness (QED) is 0.767. The first kappa shape index (κ1) is 11.2. The van der Waals surface area contributed by atoms with Gasteiger partial charge < -0.3 is 8.83 Å².